The van der Waals surface area contributed by atoms with E-state index in [1.807, 2.05) is 27.2 Å². The number of hydrogen-bond donors (Lipinski definition) is 8. The molecule has 33 heteroatoms. The molecule has 30 nitrogen and oxygen atoms in total. The number of amidine groups is 3. The van der Waals surface area contributed by atoms with Crippen LogP contribution in [0.2, 0.25) is 0 Å². The van der Waals surface area contributed by atoms with Gasteiger partial charge in [0, 0.05) is 114 Å². The number of aliphatic hydroxyl groups excluding tert-OH is 1. The minimum absolute atomic E-state index is 0.0470. The maximum atomic E-state index is 11.0. The summed E-state index contributed by atoms with van der Waals surface area (Å²) in [4.78, 5) is 56.1. The van der Waals surface area contributed by atoms with E-state index in [9.17, 15) is 49.8 Å². The minimum Gasteiger partial charge on any atom is -0.389 e. The number of nitrogens with two attached hydrogens (primary N) is 4. The molecule has 0 aromatic carbocycles. The second kappa shape index (κ2) is 63.6. The van der Waals surface area contributed by atoms with Gasteiger partial charge in [-0.25, -0.2) is 25.5 Å². The van der Waals surface area contributed by atoms with Crippen molar-refractivity contribution in [1.29, 1.82) is 5.26 Å². The van der Waals surface area contributed by atoms with E-state index in [2.05, 4.69) is 205 Å². The van der Waals surface area contributed by atoms with Crippen molar-refractivity contribution in [2.45, 2.75) is 340 Å². The number of ketones is 3. The number of hydrogen-bond acceptors (Lipinski definition) is 16. The van der Waals surface area contributed by atoms with Crippen LogP contribution in [-0.4, -0.2) is 180 Å². The van der Waals surface area contributed by atoms with E-state index in [4.69, 9.17) is 36.3 Å². The smallest absolute Gasteiger partial charge is 0.318 e. The predicted molar refractivity (Wildman–Crippen MR) is 475 cm³/mol. The first-order valence-corrected chi connectivity index (χ1v) is 44.3. The molecule has 0 heterocycles. The van der Waals surface area contributed by atoms with Gasteiger partial charge in [0.15, 0.2) is 22.8 Å². The Kier molecular flexibility index (Phi) is 69.3. The topological polar surface area (TPSA) is 462 Å². The second-order valence-electron chi connectivity index (χ2n) is 38.6. The van der Waals surface area contributed by atoms with Gasteiger partial charge in [-0.05, 0) is 146 Å². The number of Topliss-reactive ketones (excluding diaryl/α,β-unsaturated/α-hetero) is 3. The molecule has 0 spiro atoms. The summed E-state index contributed by atoms with van der Waals surface area (Å²) in [5, 5.41) is 49.8. The number of carbonyl (C=O) groups excluding carboxylic acids is 3. The Morgan fingerprint density at radius 3 is 1.15 bits per heavy atom. The molecule has 0 aromatic rings. The lowest BCUT2D eigenvalue weighted by atomic mass is 9.89. The minimum atomic E-state index is -3.83. The van der Waals surface area contributed by atoms with E-state index in [1.165, 1.54) is 0 Å². The van der Waals surface area contributed by atoms with E-state index >= 15 is 0 Å². The van der Waals surface area contributed by atoms with E-state index in [-0.39, 0.29) is 30.6 Å². The molecule has 0 unspecified atom stereocenters. The van der Waals surface area contributed by atoms with Crippen LogP contribution in [0.5, 0.6) is 0 Å². The molecule has 0 bridgehead atoms. The molecule has 0 aliphatic heterocycles. The molecule has 0 amide bonds. The summed E-state index contributed by atoms with van der Waals surface area (Å²) in [5.74, 6) is 2.51. The molecular weight excluding hydrogens is 1500 g/mol. The average molecular weight is 1680 g/mol. The van der Waals surface area contributed by atoms with Gasteiger partial charge in [0.1, 0.15) is 41.6 Å². The molecule has 0 saturated carbocycles. The third-order valence-electron chi connectivity index (χ3n) is 15.2. The van der Waals surface area contributed by atoms with Gasteiger partial charge in [-0.15, -0.1) is 8.80 Å². The van der Waals surface area contributed by atoms with Gasteiger partial charge in [-0.3, -0.25) is 34.4 Å². The quantitative estimate of drug-likeness (QED) is 0.00555. The molecule has 0 aromatic heterocycles. The van der Waals surface area contributed by atoms with Crippen molar-refractivity contribution in [3.05, 3.63) is 10.1 Å². The van der Waals surface area contributed by atoms with Crippen molar-refractivity contribution >= 4 is 77.4 Å². The van der Waals surface area contributed by atoms with Gasteiger partial charge >= 0.3 is 20.4 Å². The third-order valence-corrected chi connectivity index (χ3v) is 16.7. The maximum absolute atomic E-state index is 11.0. The van der Waals surface area contributed by atoms with Crippen molar-refractivity contribution in [1.82, 2.24) is 30.1 Å². The molecule has 0 saturated heterocycles. The lowest BCUT2D eigenvalue weighted by Crippen LogP contribution is -2.37. The number of carbonyl (C=O) groups is 3. The van der Waals surface area contributed by atoms with Crippen LogP contribution in [0.4, 0.5) is 0 Å². The Balaban J connectivity index is -0.000000187. The fourth-order valence-corrected chi connectivity index (χ4v) is 10.7. The highest BCUT2D eigenvalue weighted by molar-refractivity contribution is 7.88. The van der Waals surface area contributed by atoms with Gasteiger partial charge < -0.3 is 35.6 Å². The molecule has 0 fully saturated rings. The van der Waals surface area contributed by atoms with E-state index in [0.29, 0.717) is 118 Å². The first-order chi connectivity index (χ1) is 50.7. The van der Waals surface area contributed by atoms with Crippen molar-refractivity contribution in [2.24, 2.45) is 88.4 Å². The summed E-state index contributed by atoms with van der Waals surface area (Å²) < 4.78 is 78.1. The Morgan fingerprint density at radius 1 is 0.496 bits per heavy atom. The number of aliphatic imine (C=N–C) groups is 2. The standard InChI is InChI=1S/C11H22N4.C11H25N3O2S.C10H22N4O2.C10H23N3O2S.C10H20O2.C10H20O.C9H21N3O2S.C9H18O2/c1-11(2,3)7-6-8-13-10(14-9-12)15(4)5;1-11(2,3)9-7-6-8-10(14(4)5)13-17(12,15)16;1-10(2,3)7-6-8-11-9(13(4)5)12-14(15)16;1-10(2,3)8-6-5-7-9(12-4)13-16(11,14)15;1-10(2,3)7-5-6-9(11)8-12-4;1-5-9(11)7-6-8-10(2,3)4;1-9(2,3)7-5-4-6-8(10)12-15(11,13)14;1-9(2,3)6-4-5-8(11)7-10/h6-8H2,1-5H3,(H,13,14);6-9H2,1-5H3,(H2,12,15,16);6-8H2,1-5H3,(H,11,12);5-8H2,1-4H3,(H,12,13)(H2,11,14,15);5-8H2,1-4H3;5-8H2,1-4H3;4-7H2,1-3H3,(H2,10,12)(H2,11,13,14);10H,4-7H2,1-3H3. The van der Waals surface area contributed by atoms with E-state index in [1.54, 1.807) is 57.0 Å². The molecule has 113 heavy (non-hydrogen) atoms. The van der Waals surface area contributed by atoms with Crippen LogP contribution in [0.15, 0.2) is 23.9 Å². The Labute approximate surface area is 690 Å². The number of nitriles is 1. The number of nitrogens with zero attached hydrogens (tertiary/aromatic N) is 10. The number of nitro groups is 1. The normalized spacial score (nSPS) is 12.8. The first kappa shape index (κ1) is 123. The fraction of sp³-hybridized carbons (Fsp3) is 0.887. The van der Waals surface area contributed by atoms with Crippen molar-refractivity contribution < 1.29 is 54.5 Å². The van der Waals surface area contributed by atoms with Gasteiger partial charge in [-0.1, -0.05) is 192 Å². The van der Waals surface area contributed by atoms with Crippen molar-refractivity contribution in [3.63, 3.8) is 0 Å². The van der Waals surface area contributed by atoms with Gasteiger partial charge in [0.25, 0.3) is 16.2 Å². The Bertz CT molecular complexity index is 3060. The largest absolute Gasteiger partial charge is 0.389 e. The summed E-state index contributed by atoms with van der Waals surface area (Å²) in [6.07, 6.45) is 25.8. The highest BCUT2D eigenvalue weighted by Gasteiger charge is 2.18. The molecule has 0 radical (unpaired) electrons. The zero-order valence-electron chi connectivity index (χ0n) is 77.6. The summed E-state index contributed by atoms with van der Waals surface area (Å²) in [5.41, 5.74) is 8.00. The van der Waals surface area contributed by atoms with Crippen LogP contribution in [0.1, 0.15) is 340 Å². The average Bonchev–Trinajstić information content (AvgIpc) is 0.908. The molecule has 0 aliphatic carbocycles. The maximum Gasteiger partial charge on any atom is 0.318 e. The lowest BCUT2D eigenvalue weighted by molar-refractivity contribution is -0.485. The summed E-state index contributed by atoms with van der Waals surface area (Å²) in [6, 6.07) is 0. The van der Waals surface area contributed by atoms with Gasteiger partial charge in [-0.2, -0.15) is 30.5 Å². The predicted octanol–water partition coefficient (Wildman–Crippen LogP) is 15.0. The number of unbranched alkanes of at least 4 members (excludes halogenated alkanes) is 3. The lowest BCUT2D eigenvalue weighted by Gasteiger charge is -2.19. The fourth-order valence-electron chi connectivity index (χ4n) is 9.18. The number of aliphatic hydroxyl groups is 1. The zero-order valence-corrected chi connectivity index (χ0v) is 80.0. The van der Waals surface area contributed by atoms with Crippen molar-refractivity contribution in [3.8, 4) is 6.19 Å². The van der Waals surface area contributed by atoms with Crippen LogP contribution >= 0.6 is 0 Å². The van der Waals surface area contributed by atoms with Gasteiger partial charge in [0.05, 0.1) is 0 Å². The molecule has 672 valence electrons. The van der Waals surface area contributed by atoms with Crippen molar-refractivity contribution in [2.75, 3.05) is 82.7 Å². The number of methoxy groups -OCH3 is 1. The number of guanidine groups is 2. The Hall–Kier alpha value is -5.50. The second-order valence-corrected chi connectivity index (χ2v) is 42.3. The number of ether oxygens (including phenoxy) is 1. The first-order valence-electron chi connectivity index (χ1n) is 39.8. The molecule has 12 N–H and O–H groups in total. The van der Waals surface area contributed by atoms with Crippen LogP contribution in [0.25, 0.3) is 0 Å². The van der Waals surface area contributed by atoms with Gasteiger partial charge in [0.2, 0.25) is 5.96 Å². The monoisotopic (exact) mass is 1670 g/mol. The highest BCUT2D eigenvalue weighted by Crippen LogP contribution is 2.27. The summed E-state index contributed by atoms with van der Waals surface area (Å²) in [7, 11) is 2.54. The molecular formula is C80H171N17O13S3. The molecule has 0 atom stereocenters. The number of nitrogens with one attached hydrogen (secondary N) is 3. The third kappa shape index (κ3) is 120. The SMILES string of the molecule is CC(C)(C)CCCC(=O)CO.CC(C)(C)CCCCC(N)=NS(N)(=O)=O.CCC(=O)CCCC(C)(C)C.CN(C)/C(=N\[N+](=O)[O-])NCCCC(C)(C)C.CN(C)C(=NCCCC(C)(C)C)NC#N.CN(C)C(CCCCC(C)(C)C)=NS(N)(=O)=O.CN=C(CCCCC(C)(C)C)NS(N)(=O)=O.COCC(=O)CCCC(C)(C)C. The summed E-state index contributed by atoms with van der Waals surface area (Å²) in [6.45, 7) is 55.8. The number of rotatable bonds is 35. The van der Waals surface area contributed by atoms with E-state index in [0.717, 1.165) is 135 Å². The zero-order chi connectivity index (χ0) is 90.7. The molecule has 0 rings (SSSR count). The highest BCUT2D eigenvalue weighted by atomic mass is 32.2. The number of hydrazone groups is 1. The van der Waals surface area contributed by atoms with Crippen LogP contribution in [0, 0.1) is 64.9 Å². The Morgan fingerprint density at radius 2 is 0.841 bits per heavy atom. The van der Waals surface area contributed by atoms with Crippen LogP contribution < -0.4 is 36.5 Å². The van der Waals surface area contributed by atoms with Crippen LogP contribution in [-0.2, 0) is 49.7 Å². The van der Waals surface area contributed by atoms with E-state index < -0.39 is 35.7 Å². The summed E-state index contributed by atoms with van der Waals surface area (Å²) >= 11 is 0. The van der Waals surface area contributed by atoms with Crippen LogP contribution in [0.3, 0.4) is 0 Å². The molecule has 0 aliphatic rings.